The molecule has 2 rings (SSSR count). The molecule has 0 heterocycles. The van der Waals surface area contributed by atoms with Crippen LogP contribution < -0.4 is 68.0 Å². The van der Waals surface area contributed by atoms with Crippen LogP contribution in [-0.4, -0.2) is 30.6 Å². The maximum Gasteiger partial charge on any atom is 1.00 e. The van der Waals surface area contributed by atoms with E-state index in [0.717, 1.165) is 18.2 Å². The number of carboxylic acid groups (broad SMARTS) is 1. The van der Waals surface area contributed by atoms with Gasteiger partial charge >= 0.3 is 57.4 Å². The van der Waals surface area contributed by atoms with Gasteiger partial charge in [-0.15, -0.1) is 0 Å². The molecule has 26 heavy (non-hydrogen) atoms. The zero-order chi connectivity index (χ0) is 19.2. The summed E-state index contributed by atoms with van der Waals surface area (Å²) in [5, 5.41) is 17.0. The van der Waals surface area contributed by atoms with Gasteiger partial charge in [-0.3, -0.25) is 9.59 Å². The molecule has 0 fully saturated rings. The van der Waals surface area contributed by atoms with Crippen LogP contribution in [0.3, 0.4) is 0 Å². The number of primary amides is 1. The van der Waals surface area contributed by atoms with E-state index < -0.39 is 11.9 Å². The molecule has 0 saturated heterocycles. The first-order chi connectivity index (χ1) is 11.9. The van der Waals surface area contributed by atoms with Crippen LogP contribution in [0.2, 0.25) is 0 Å². The summed E-state index contributed by atoms with van der Waals surface area (Å²) in [6.45, 7) is 2.03. The van der Waals surface area contributed by atoms with E-state index in [4.69, 9.17) is 15.9 Å². The van der Waals surface area contributed by atoms with Crippen LogP contribution >= 0.6 is 0 Å². The third kappa shape index (κ3) is 11.5. The maximum absolute atomic E-state index is 10.6. The number of rotatable bonds is 5. The van der Waals surface area contributed by atoms with Gasteiger partial charge in [0.1, 0.15) is 0 Å². The minimum atomic E-state index is -0.753. The standard InChI is InChI=1S/C16H16O2.C2H6N2O.CH3O.K/c1-12-5-2-3-8-15(12)14-7-4-6-13(11-14)9-10-16(17)18;3-1-2(4)5;1-2;/h2-8,11H,9-10H2,1H3,(H,17,18);1,3H2,(H2,4,5);1H3;/q;;-1;+1. The molecular formula is C19H25KN2O4. The van der Waals surface area contributed by atoms with Crippen molar-refractivity contribution in [3.8, 4) is 11.1 Å². The largest absolute Gasteiger partial charge is 1.00 e. The van der Waals surface area contributed by atoms with Gasteiger partial charge in [0.25, 0.3) is 0 Å². The van der Waals surface area contributed by atoms with E-state index in [1.807, 2.05) is 24.3 Å². The molecule has 0 aliphatic heterocycles. The Bertz CT molecular complexity index is 678. The number of carbonyl (C=O) groups excluding carboxylic acids is 1. The van der Waals surface area contributed by atoms with Gasteiger partial charge in [0.2, 0.25) is 5.91 Å². The number of aliphatic carboxylic acids is 1. The number of carbonyl (C=O) groups is 2. The summed E-state index contributed by atoms with van der Waals surface area (Å²) in [6, 6.07) is 16.3. The van der Waals surface area contributed by atoms with Crippen molar-refractivity contribution in [2.24, 2.45) is 11.5 Å². The molecule has 0 aliphatic rings. The number of hydrogen-bond acceptors (Lipinski definition) is 4. The van der Waals surface area contributed by atoms with E-state index in [0.29, 0.717) is 6.42 Å². The van der Waals surface area contributed by atoms with Crippen LogP contribution in [0, 0.1) is 6.92 Å². The van der Waals surface area contributed by atoms with Crippen molar-refractivity contribution in [1.29, 1.82) is 0 Å². The summed E-state index contributed by atoms with van der Waals surface area (Å²) >= 11 is 0. The van der Waals surface area contributed by atoms with Gasteiger partial charge in [-0.1, -0.05) is 48.5 Å². The van der Waals surface area contributed by atoms with Crippen molar-refractivity contribution in [2.45, 2.75) is 19.8 Å². The average molecular weight is 385 g/mol. The average Bonchev–Trinajstić information content (AvgIpc) is 2.63. The first-order valence-corrected chi connectivity index (χ1v) is 7.70. The van der Waals surface area contributed by atoms with E-state index in [1.165, 1.54) is 11.1 Å². The fourth-order valence-corrected chi connectivity index (χ4v) is 2.04. The van der Waals surface area contributed by atoms with Crippen molar-refractivity contribution >= 4 is 11.9 Å². The number of amides is 1. The Kier molecular flexibility index (Phi) is 16.9. The van der Waals surface area contributed by atoms with Crippen LogP contribution in [0.15, 0.2) is 48.5 Å². The molecule has 0 bridgehead atoms. The van der Waals surface area contributed by atoms with Crippen molar-refractivity contribution in [2.75, 3.05) is 13.7 Å². The molecule has 0 radical (unpaired) electrons. The third-order valence-electron chi connectivity index (χ3n) is 3.21. The van der Waals surface area contributed by atoms with Crippen LogP contribution in [-0.2, 0) is 16.0 Å². The van der Waals surface area contributed by atoms with Crippen molar-refractivity contribution in [1.82, 2.24) is 0 Å². The molecule has 6 nitrogen and oxygen atoms in total. The van der Waals surface area contributed by atoms with Crippen molar-refractivity contribution in [3.05, 3.63) is 59.7 Å². The molecule has 0 unspecified atom stereocenters. The normalized spacial score (nSPS) is 8.77. The second-order valence-electron chi connectivity index (χ2n) is 5.08. The quantitative estimate of drug-likeness (QED) is 0.518. The van der Waals surface area contributed by atoms with Crippen LogP contribution in [0.25, 0.3) is 11.1 Å². The predicted octanol–water partition coefficient (Wildman–Crippen LogP) is -1.91. The summed E-state index contributed by atoms with van der Waals surface area (Å²) in [5.41, 5.74) is 13.9. The second-order valence-corrected chi connectivity index (χ2v) is 5.08. The molecule has 0 spiro atoms. The number of carboxylic acids is 1. The molecule has 136 valence electrons. The topological polar surface area (TPSA) is 129 Å². The van der Waals surface area contributed by atoms with E-state index in [-0.39, 0.29) is 64.4 Å². The summed E-state index contributed by atoms with van der Waals surface area (Å²) in [7, 11) is 0.750. The summed E-state index contributed by atoms with van der Waals surface area (Å²) in [4.78, 5) is 20.0. The van der Waals surface area contributed by atoms with Crippen molar-refractivity contribution < 1.29 is 71.2 Å². The minimum absolute atomic E-state index is 0. The zero-order valence-corrected chi connectivity index (χ0v) is 18.7. The Balaban J connectivity index is 0. The number of nitrogens with two attached hydrogens (primary N) is 2. The Morgan fingerprint density at radius 3 is 2.15 bits per heavy atom. The maximum atomic E-state index is 10.6. The van der Waals surface area contributed by atoms with Crippen LogP contribution in [0.1, 0.15) is 17.5 Å². The number of benzene rings is 2. The van der Waals surface area contributed by atoms with Gasteiger partial charge in [-0.05, 0) is 35.6 Å². The van der Waals surface area contributed by atoms with E-state index in [1.54, 1.807) is 0 Å². The predicted molar refractivity (Wildman–Crippen MR) is 96.7 cm³/mol. The minimum Gasteiger partial charge on any atom is -0.857 e. The monoisotopic (exact) mass is 384 g/mol. The molecular weight excluding hydrogens is 359 g/mol. The number of hydrogen-bond donors (Lipinski definition) is 3. The molecule has 1 amide bonds. The van der Waals surface area contributed by atoms with Crippen LogP contribution in [0.4, 0.5) is 0 Å². The molecule has 7 heteroatoms. The second kappa shape index (κ2) is 16.1. The summed E-state index contributed by atoms with van der Waals surface area (Å²) in [6.07, 6.45) is 0.756. The van der Waals surface area contributed by atoms with E-state index >= 15 is 0 Å². The SMILES string of the molecule is C[O-].Cc1ccccc1-c1cccc(CCC(=O)O)c1.NCC(N)=O.[K+]. The van der Waals surface area contributed by atoms with Gasteiger partial charge in [0.15, 0.2) is 0 Å². The van der Waals surface area contributed by atoms with E-state index in [2.05, 4.69) is 36.9 Å². The van der Waals surface area contributed by atoms with Crippen molar-refractivity contribution in [3.63, 3.8) is 0 Å². The molecule has 0 atom stereocenters. The first kappa shape index (κ1) is 27.2. The third-order valence-corrected chi connectivity index (χ3v) is 3.21. The van der Waals surface area contributed by atoms with Crippen LogP contribution in [0.5, 0.6) is 0 Å². The van der Waals surface area contributed by atoms with Gasteiger partial charge in [-0.25, -0.2) is 0 Å². The fraction of sp³-hybridized carbons (Fsp3) is 0.263. The Morgan fingerprint density at radius 1 is 1.08 bits per heavy atom. The van der Waals surface area contributed by atoms with Gasteiger partial charge in [-0.2, -0.15) is 7.11 Å². The van der Waals surface area contributed by atoms with Gasteiger partial charge in [0.05, 0.1) is 6.54 Å². The molecule has 5 N–H and O–H groups in total. The fourth-order valence-electron chi connectivity index (χ4n) is 2.04. The smallest absolute Gasteiger partial charge is 0.857 e. The van der Waals surface area contributed by atoms with E-state index in [9.17, 15) is 9.59 Å². The Labute approximate surface area is 197 Å². The molecule has 2 aromatic carbocycles. The molecule has 0 aliphatic carbocycles. The first-order valence-electron chi connectivity index (χ1n) is 7.70. The molecule has 0 saturated carbocycles. The summed E-state index contributed by atoms with van der Waals surface area (Å²) < 4.78 is 0. The molecule has 0 aromatic heterocycles. The Morgan fingerprint density at radius 2 is 1.65 bits per heavy atom. The summed E-state index contributed by atoms with van der Waals surface area (Å²) in [5.74, 6) is -1.22. The number of aryl methyl sites for hydroxylation is 2. The van der Waals surface area contributed by atoms with Gasteiger partial charge in [0, 0.05) is 6.42 Å². The molecule has 2 aromatic rings. The van der Waals surface area contributed by atoms with Gasteiger partial charge < -0.3 is 21.7 Å². The Hall–Kier alpha value is -1.06. The zero-order valence-electron chi connectivity index (χ0n) is 15.6.